The van der Waals surface area contributed by atoms with Gasteiger partial charge in [0.05, 0.1) is 4.92 Å². The van der Waals surface area contributed by atoms with E-state index in [1.54, 1.807) is 0 Å². The van der Waals surface area contributed by atoms with E-state index < -0.39 is 16.6 Å². The zero-order valence-electron chi connectivity index (χ0n) is 10.1. The second-order valence-electron chi connectivity index (χ2n) is 3.98. The Morgan fingerprint density at radius 1 is 1.20 bits per heavy atom. The molecule has 0 aromatic heterocycles. The van der Waals surface area contributed by atoms with Crippen molar-refractivity contribution in [2.24, 2.45) is 0 Å². The summed E-state index contributed by atoms with van der Waals surface area (Å²) in [6, 6.07) is 7.87. The van der Waals surface area contributed by atoms with Crippen molar-refractivity contribution in [1.82, 2.24) is 0 Å². The smallest absolute Gasteiger partial charge is 0.274 e. The number of nitrogens with one attached hydrogen (secondary N) is 1. The van der Waals surface area contributed by atoms with E-state index in [9.17, 15) is 18.9 Å². The van der Waals surface area contributed by atoms with Gasteiger partial charge in [0.25, 0.3) is 5.69 Å². The largest absolute Gasteiger partial charge is 0.376 e. The summed E-state index contributed by atoms with van der Waals surface area (Å²) in [4.78, 5) is 10.4. The molecule has 0 spiro atoms. The Kier molecular flexibility index (Phi) is 4.29. The fourth-order valence-electron chi connectivity index (χ4n) is 1.72. The molecule has 0 unspecified atom stereocenters. The quantitative estimate of drug-likeness (QED) is 0.667. The third-order valence-corrected chi connectivity index (χ3v) is 3.15. The molecular formula is C13H9BrF2N2O2. The number of para-hydroxylation sites is 1. The van der Waals surface area contributed by atoms with Crippen LogP contribution in [-0.4, -0.2) is 4.92 Å². The first kappa shape index (κ1) is 14.4. The lowest BCUT2D eigenvalue weighted by molar-refractivity contribution is -0.385. The van der Waals surface area contributed by atoms with Crippen LogP contribution >= 0.6 is 15.9 Å². The molecule has 0 fully saturated rings. The number of rotatable bonds is 4. The van der Waals surface area contributed by atoms with Gasteiger partial charge in [-0.3, -0.25) is 10.1 Å². The zero-order valence-corrected chi connectivity index (χ0v) is 11.7. The molecule has 0 aliphatic rings. The average molecular weight is 343 g/mol. The van der Waals surface area contributed by atoms with Crippen molar-refractivity contribution in [3.8, 4) is 0 Å². The van der Waals surface area contributed by atoms with Crippen LogP contribution in [0, 0.1) is 21.7 Å². The summed E-state index contributed by atoms with van der Waals surface area (Å²) >= 11 is 3.20. The monoisotopic (exact) mass is 342 g/mol. The molecule has 0 radical (unpaired) electrons. The fraction of sp³-hybridized carbons (Fsp3) is 0.0769. The number of halogens is 3. The number of nitrogens with zero attached hydrogens (tertiary/aromatic N) is 1. The fourth-order valence-corrected chi connectivity index (χ4v) is 2.13. The normalized spacial score (nSPS) is 10.3. The van der Waals surface area contributed by atoms with Gasteiger partial charge < -0.3 is 5.32 Å². The third-order valence-electron chi connectivity index (χ3n) is 2.66. The van der Waals surface area contributed by atoms with Crippen molar-refractivity contribution in [2.75, 3.05) is 5.32 Å². The minimum absolute atomic E-state index is 0.0619. The molecule has 4 nitrogen and oxygen atoms in total. The van der Waals surface area contributed by atoms with Crippen LogP contribution < -0.4 is 5.32 Å². The van der Waals surface area contributed by atoms with E-state index in [4.69, 9.17) is 0 Å². The van der Waals surface area contributed by atoms with E-state index in [2.05, 4.69) is 21.2 Å². The van der Waals surface area contributed by atoms with Gasteiger partial charge in [-0.05, 0) is 24.3 Å². The molecule has 7 heteroatoms. The molecule has 0 aliphatic carbocycles. The molecule has 0 heterocycles. The first-order valence-electron chi connectivity index (χ1n) is 5.59. The van der Waals surface area contributed by atoms with Crippen LogP contribution in [-0.2, 0) is 6.54 Å². The molecule has 0 amide bonds. The summed E-state index contributed by atoms with van der Waals surface area (Å²) < 4.78 is 27.5. The molecule has 0 aliphatic heterocycles. The maximum Gasteiger partial charge on any atom is 0.274 e. The molecule has 0 saturated heterocycles. The van der Waals surface area contributed by atoms with Gasteiger partial charge in [0, 0.05) is 22.6 Å². The maximum absolute atomic E-state index is 13.4. The van der Waals surface area contributed by atoms with E-state index in [-0.39, 0.29) is 17.9 Å². The molecule has 20 heavy (non-hydrogen) atoms. The second kappa shape index (κ2) is 5.96. The number of hydrogen-bond acceptors (Lipinski definition) is 3. The number of hydrogen-bond donors (Lipinski definition) is 1. The molecule has 2 aromatic rings. The molecule has 0 atom stereocenters. The van der Waals surface area contributed by atoms with Crippen LogP contribution in [0.2, 0.25) is 0 Å². The molecule has 0 saturated carbocycles. The number of nitro benzene ring substituents is 1. The summed E-state index contributed by atoms with van der Waals surface area (Å²) in [5.74, 6) is -1.50. The van der Waals surface area contributed by atoms with Gasteiger partial charge in [-0.1, -0.05) is 22.0 Å². The van der Waals surface area contributed by atoms with E-state index in [0.29, 0.717) is 10.0 Å². The van der Waals surface area contributed by atoms with Crippen molar-refractivity contribution in [2.45, 2.75) is 6.54 Å². The van der Waals surface area contributed by atoms with Crippen LogP contribution in [0.1, 0.15) is 5.56 Å². The van der Waals surface area contributed by atoms with Crippen LogP contribution in [0.4, 0.5) is 20.2 Å². The predicted octanol–water partition coefficient (Wildman–Crippen LogP) is 4.25. The lowest BCUT2D eigenvalue weighted by atomic mass is 10.1. The molecule has 0 bridgehead atoms. The number of anilines is 1. The summed E-state index contributed by atoms with van der Waals surface area (Å²) in [6.45, 7) is -0.0619. The highest BCUT2D eigenvalue weighted by Crippen LogP contribution is 2.25. The minimum Gasteiger partial charge on any atom is -0.376 e. The third kappa shape index (κ3) is 3.11. The maximum atomic E-state index is 13.4. The summed E-state index contributed by atoms with van der Waals surface area (Å²) in [6.07, 6.45) is 0. The van der Waals surface area contributed by atoms with Gasteiger partial charge in [0.2, 0.25) is 0 Å². The van der Waals surface area contributed by atoms with Gasteiger partial charge in [0.1, 0.15) is 17.3 Å². The standard InChI is InChI=1S/C13H9BrF2N2O2/c14-9-4-5-12(18(19)20)8(6-9)7-17-13-10(15)2-1-3-11(13)16/h1-6,17H,7H2. The lowest BCUT2D eigenvalue weighted by Crippen LogP contribution is -2.06. The SMILES string of the molecule is O=[N+]([O-])c1ccc(Br)cc1CNc1c(F)cccc1F. The molecule has 104 valence electrons. The van der Waals surface area contributed by atoms with Crippen LogP contribution in [0.5, 0.6) is 0 Å². The van der Waals surface area contributed by atoms with Crippen molar-refractivity contribution in [3.05, 3.63) is 68.2 Å². The molecule has 2 aromatic carbocycles. The lowest BCUT2D eigenvalue weighted by Gasteiger charge is -2.09. The molecule has 1 N–H and O–H groups in total. The summed E-state index contributed by atoms with van der Waals surface area (Å²) in [5.41, 5.74) is -0.0914. The molecule has 2 rings (SSSR count). The Morgan fingerprint density at radius 2 is 1.85 bits per heavy atom. The van der Waals surface area contributed by atoms with E-state index in [1.807, 2.05) is 0 Å². The Morgan fingerprint density at radius 3 is 2.45 bits per heavy atom. The average Bonchev–Trinajstić information content (AvgIpc) is 2.37. The van der Waals surface area contributed by atoms with Crippen LogP contribution in [0.15, 0.2) is 40.9 Å². The Hall–Kier alpha value is -2.02. The predicted molar refractivity (Wildman–Crippen MR) is 74.5 cm³/mol. The first-order valence-corrected chi connectivity index (χ1v) is 6.39. The topological polar surface area (TPSA) is 55.2 Å². The van der Waals surface area contributed by atoms with E-state index >= 15 is 0 Å². The second-order valence-corrected chi connectivity index (χ2v) is 4.90. The van der Waals surface area contributed by atoms with E-state index in [0.717, 1.165) is 12.1 Å². The van der Waals surface area contributed by atoms with Crippen LogP contribution in [0.25, 0.3) is 0 Å². The van der Waals surface area contributed by atoms with Gasteiger partial charge in [-0.25, -0.2) is 8.78 Å². The number of benzene rings is 2. The van der Waals surface area contributed by atoms with Gasteiger partial charge in [-0.15, -0.1) is 0 Å². The highest BCUT2D eigenvalue weighted by atomic mass is 79.9. The van der Waals surface area contributed by atoms with Crippen molar-refractivity contribution < 1.29 is 13.7 Å². The first-order chi connectivity index (χ1) is 9.49. The molecular weight excluding hydrogens is 334 g/mol. The van der Waals surface area contributed by atoms with Gasteiger partial charge >= 0.3 is 0 Å². The highest BCUT2D eigenvalue weighted by molar-refractivity contribution is 9.10. The Bertz CT molecular complexity index is 645. The minimum atomic E-state index is -0.748. The number of nitro groups is 1. The zero-order chi connectivity index (χ0) is 14.7. The highest BCUT2D eigenvalue weighted by Gasteiger charge is 2.15. The Balaban J connectivity index is 2.27. The van der Waals surface area contributed by atoms with Crippen LogP contribution in [0.3, 0.4) is 0 Å². The van der Waals surface area contributed by atoms with Crippen molar-refractivity contribution in [3.63, 3.8) is 0 Å². The summed E-state index contributed by atoms with van der Waals surface area (Å²) in [7, 11) is 0. The van der Waals surface area contributed by atoms with Gasteiger partial charge in [-0.2, -0.15) is 0 Å². The Labute approximate surface area is 121 Å². The summed E-state index contributed by atoms with van der Waals surface area (Å²) in [5, 5.41) is 13.4. The van der Waals surface area contributed by atoms with Gasteiger partial charge in [0.15, 0.2) is 0 Å². The van der Waals surface area contributed by atoms with E-state index in [1.165, 1.54) is 24.3 Å². The van der Waals surface area contributed by atoms with Crippen molar-refractivity contribution >= 4 is 27.3 Å². The van der Waals surface area contributed by atoms with Crippen molar-refractivity contribution in [1.29, 1.82) is 0 Å².